The first-order valence-electron chi connectivity index (χ1n) is 8.33. The van der Waals surface area contributed by atoms with Crippen molar-refractivity contribution in [3.05, 3.63) is 90.0 Å². The van der Waals surface area contributed by atoms with Crippen LogP contribution in [0.15, 0.2) is 76.7 Å². The van der Waals surface area contributed by atoms with E-state index in [1.807, 2.05) is 0 Å². The average Bonchev–Trinajstić information content (AvgIpc) is 2.70. The van der Waals surface area contributed by atoms with Gasteiger partial charge in [-0.3, -0.25) is 0 Å². The van der Waals surface area contributed by atoms with Crippen molar-refractivity contribution in [3.8, 4) is 11.1 Å². The van der Waals surface area contributed by atoms with E-state index in [0.717, 1.165) is 12.1 Å². The first-order chi connectivity index (χ1) is 13.8. The fraction of sp³-hybridized carbons (Fsp3) is 0. The summed E-state index contributed by atoms with van der Waals surface area (Å²) in [5, 5.41) is -0.221. The molecule has 146 valence electrons. The van der Waals surface area contributed by atoms with E-state index in [9.17, 15) is 26.0 Å². The van der Waals surface area contributed by atoms with Gasteiger partial charge >= 0.3 is 0 Å². The van der Waals surface area contributed by atoms with Gasteiger partial charge in [-0.1, -0.05) is 24.3 Å². The van der Waals surface area contributed by atoms with Crippen molar-refractivity contribution in [2.45, 2.75) is 9.92 Å². The van der Waals surface area contributed by atoms with E-state index >= 15 is 0 Å². The van der Waals surface area contributed by atoms with Crippen LogP contribution in [0, 0.1) is 23.3 Å². The molecule has 0 radical (unpaired) electrons. The maximum atomic E-state index is 14.4. The Kier molecular flexibility index (Phi) is 4.58. The number of hydrogen-bond donors (Lipinski definition) is 0. The van der Waals surface area contributed by atoms with E-state index in [1.165, 1.54) is 36.4 Å². The number of halogens is 4. The van der Waals surface area contributed by atoms with Crippen molar-refractivity contribution in [2.24, 2.45) is 0 Å². The molecule has 1 heterocycles. The summed E-state index contributed by atoms with van der Waals surface area (Å²) >= 11 is 0. The van der Waals surface area contributed by atoms with Gasteiger partial charge in [-0.25, -0.2) is 31.0 Å². The van der Waals surface area contributed by atoms with Crippen molar-refractivity contribution in [1.82, 2.24) is 4.98 Å². The Labute approximate surface area is 163 Å². The minimum Gasteiger partial charge on any atom is -0.233 e. The lowest BCUT2D eigenvalue weighted by molar-refractivity contribution is 0.504. The molecule has 0 atom stereocenters. The van der Waals surface area contributed by atoms with Crippen molar-refractivity contribution in [3.63, 3.8) is 0 Å². The van der Waals surface area contributed by atoms with Crippen LogP contribution in [-0.2, 0) is 9.84 Å². The summed E-state index contributed by atoms with van der Waals surface area (Å²) in [5.41, 5.74) is 0.525. The lowest BCUT2D eigenvalue weighted by Crippen LogP contribution is -2.07. The Hall–Kier alpha value is -3.26. The summed E-state index contributed by atoms with van der Waals surface area (Å²) in [7, 11) is -4.38. The number of benzene rings is 3. The van der Waals surface area contributed by atoms with Gasteiger partial charge in [-0.2, -0.15) is 0 Å². The second-order valence-electron chi connectivity index (χ2n) is 6.23. The van der Waals surface area contributed by atoms with Gasteiger partial charge in [0.15, 0.2) is 16.7 Å². The lowest BCUT2D eigenvalue weighted by atomic mass is 10.0. The van der Waals surface area contributed by atoms with Crippen LogP contribution >= 0.6 is 0 Å². The van der Waals surface area contributed by atoms with E-state index in [2.05, 4.69) is 4.98 Å². The molecule has 0 saturated heterocycles. The first-order valence-corrected chi connectivity index (χ1v) is 9.81. The molecule has 0 amide bonds. The summed E-state index contributed by atoms with van der Waals surface area (Å²) < 4.78 is 80.4. The number of pyridine rings is 1. The van der Waals surface area contributed by atoms with Crippen LogP contribution in [0.25, 0.3) is 22.0 Å². The Morgan fingerprint density at radius 3 is 2.14 bits per heavy atom. The largest absolute Gasteiger partial charge is 0.233 e. The number of nitrogens with zero attached hydrogens (tertiary/aromatic N) is 1. The minimum absolute atomic E-state index is 0.213. The van der Waals surface area contributed by atoms with E-state index in [4.69, 9.17) is 0 Å². The van der Waals surface area contributed by atoms with Gasteiger partial charge in [0, 0.05) is 5.39 Å². The normalized spacial score (nSPS) is 11.7. The van der Waals surface area contributed by atoms with E-state index in [-0.39, 0.29) is 5.52 Å². The van der Waals surface area contributed by atoms with Crippen molar-refractivity contribution in [1.29, 1.82) is 0 Å². The summed E-state index contributed by atoms with van der Waals surface area (Å²) in [6.07, 6.45) is 0. The zero-order valence-corrected chi connectivity index (χ0v) is 15.4. The number of aromatic nitrogens is 1. The molecule has 0 bridgehead atoms. The van der Waals surface area contributed by atoms with E-state index in [1.54, 1.807) is 6.07 Å². The summed E-state index contributed by atoms with van der Waals surface area (Å²) in [4.78, 5) is 3.40. The van der Waals surface area contributed by atoms with Gasteiger partial charge in [0.05, 0.1) is 4.90 Å². The molecule has 4 rings (SSSR count). The van der Waals surface area contributed by atoms with Crippen molar-refractivity contribution in [2.75, 3.05) is 0 Å². The van der Waals surface area contributed by atoms with Crippen LogP contribution in [0.2, 0.25) is 0 Å². The lowest BCUT2D eigenvalue weighted by Gasteiger charge is -2.11. The number of fused-ring (bicyclic) bond motifs is 1. The Bertz CT molecular complexity index is 1350. The Morgan fingerprint density at radius 1 is 0.724 bits per heavy atom. The third kappa shape index (κ3) is 3.36. The fourth-order valence-corrected chi connectivity index (χ4v) is 4.19. The van der Waals surface area contributed by atoms with Crippen LogP contribution < -0.4 is 0 Å². The minimum atomic E-state index is -4.38. The summed E-state index contributed by atoms with van der Waals surface area (Å²) in [5.74, 6) is -3.79. The predicted molar refractivity (Wildman–Crippen MR) is 98.9 cm³/mol. The fourth-order valence-electron chi connectivity index (χ4n) is 2.96. The van der Waals surface area contributed by atoms with Crippen molar-refractivity contribution < 1.29 is 26.0 Å². The molecule has 29 heavy (non-hydrogen) atoms. The van der Waals surface area contributed by atoms with Crippen LogP contribution in [0.5, 0.6) is 0 Å². The van der Waals surface area contributed by atoms with Gasteiger partial charge < -0.3 is 0 Å². The molecule has 0 aliphatic carbocycles. The first kappa shape index (κ1) is 19.1. The standard InChI is InChI=1S/C21H11F4NO2S/c22-13-6-4-12(5-7-13)16-11-20(26-21-15(16)2-1-3-18(21)24)29(27,28)14-8-9-17(23)19(25)10-14/h1-11H. The number of para-hydroxylation sites is 1. The number of hydrogen-bond acceptors (Lipinski definition) is 3. The SMILES string of the molecule is O=S(=O)(c1ccc(F)c(F)c1)c1cc(-c2ccc(F)cc2)c2cccc(F)c2n1. The molecule has 0 spiro atoms. The molecule has 0 unspecified atom stereocenters. The van der Waals surface area contributed by atoms with E-state index < -0.39 is 43.0 Å². The molecule has 8 heteroatoms. The quantitative estimate of drug-likeness (QED) is 0.336. The number of sulfone groups is 1. The maximum Gasteiger partial charge on any atom is 0.223 e. The van der Waals surface area contributed by atoms with E-state index in [0.29, 0.717) is 28.6 Å². The molecule has 0 aliphatic heterocycles. The second-order valence-corrected chi connectivity index (χ2v) is 8.13. The monoisotopic (exact) mass is 417 g/mol. The van der Waals surface area contributed by atoms with Crippen molar-refractivity contribution >= 4 is 20.7 Å². The smallest absolute Gasteiger partial charge is 0.223 e. The van der Waals surface area contributed by atoms with Crippen LogP contribution in [-0.4, -0.2) is 13.4 Å². The van der Waals surface area contributed by atoms with Gasteiger partial charge in [0.2, 0.25) is 9.84 Å². The van der Waals surface area contributed by atoms with Gasteiger partial charge in [0.25, 0.3) is 0 Å². The van der Waals surface area contributed by atoms with Gasteiger partial charge in [-0.15, -0.1) is 0 Å². The van der Waals surface area contributed by atoms with Crippen LogP contribution in [0.1, 0.15) is 0 Å². The molecule has 0 saturated carbocycles. The van der Waals surface area contributed by atoms with Crippen LogP contribution in [0.4, 0.5) is 17.6 Å². The topological polar surface area (TPSA) is 47.0 Å². The van der Waals surface area contributed by atoms with Gasteiger partial charge in [0.1, 0.15) is 17.2 Å². The highest BCUT2D eigenvalue weighted by molar-refractivity contribution is 7.91. The molecular weight excluding hydrogens is 406 g/mol. The highest BCUT2D eigenvalue weighted by Crippen LogP contribution is 2.33. The molecule has 0 N–H and O–H groups in total. The molecule has 1 aromatic heterocycles. The third-order valence-corrected chi connectivity index (χ3v) is 6.03. The Balaban J connectivity index is 2.01. The molecule has 4 aromatic rings. The molecule has 3 nitrogen and oxygen atoms in total. The predicted octanol–water partition coefficient (Wildman–Crippen LogP) is 5.29. The highest BCUT2D eigenvalue weighted by atomic mass is 32.2. The molecule has 3 aromatic carbocycles. The average molecular weight is 417 g/mol. The Morgan fingerprint density at radius 2 is 1.45 bits per heavy atom. The highest BCUT2D eigenvalue weighted by Gasteiger charge is 2.24. The number of rotatable bonds is 3. The zero-order chi connectivity index (χ0) is 20.8. The molecule has 0 aliphatic rings. The zero-order valence-electron chi connectivity index (χ0n) is 14.5. The van der Waals surface area contributed by atoms with Crippen LogP contribution in [0.3, 0.4) is 0 Å². The maximum absolute atomic E-state index is 14.4. The molecular formula is C21H11F4NO2S. The second kappa shape index (κ2) is 6.97. The summed E-state index contributed by atoms with van der Waals surface area (Å²) in [6, 6.07) is 12.6. The third-order valence-electron chi connectivity index (χ3n) is 4.40. The molecule has 0 fully saturated rings. The van der Waals surface area contributed by atoms with Gasteiger partial charge in [-0.05, 0) is 53.6 Å². The summed E-state index contributed by atoms with van der Waals surface area (Å²) in [6.45, 7) is 0.